The minimum absolute atomic E-state index is 0.198. The first-order chi connectivity index (χ1) is 11.1. The molecule has 1 aromatic carbocycles. The maximum atomic E-state index is 12.4. The molecular weight excluding hydrogens is 304 g/mol. The quantitative estimate of drug-likeness (QED) is 0.814. The Labute approximate surface area is 141 Å². The Morgan fingerprint density at radius 1 is 1.26 bits per heavy atom. The molecule has 2 heterocycles. The molecule has 1 saturated carbocycles. The first-order valence-corrected chi connectivity index (χ1v) is 9.43. The van der Waals surface area contributed by atoms with E-state index in [4.69, 9.17) is 4.98 Å². The lowest BCUT2D eigenvalue weighted by molar-refractivity contribution is -0.117. The number of thiazole rings is 1. The molecule has 1 aliphatic carbocycles. The predicted octanol–water partition coefficient (Wildman–Crippen LogP) is 4.77. The molecule has 4 heteroatoms. The number of nitrogens with zero attached hydrogens (tertiary/aromatic N) is 2. The van der Waals surface area contributed by atoms with E-state index < -0.39 is 0 Å². The summed E-state index contributed by atoms with van der Waals surface area (Å²) in [5, 5.41) is 3.30. The molecule has 1 aliphatic heterocycles. The zero-order valence-electron chi connectivity index (χ0n) is 13.7. The van der Waals surface area contributed by atoms with E-state index in [0.717, 1.165) is 21.8 Å². The van der Waals surface area contributed by atoms with Crippen LogP contribution in [0.5, 0.6) is 0 Å². The molecule has 0 radical (unpaired) electrons. The van der Waals surface area contributed by atoms with Gasteiger partial charge in [-0.2, -0.15) is 0 Å². The third-order valence-electron chi connectivity index (χ3n) is 5.05. The molecule has 0 spiro atoms. The Kier molecular flexibility index (Phi) is 3.72. The summed E-state index contributed by atoms with van der Waals surface area (Å²) in [6.45, 7) is 4.14. The van der Waals surface area contributed by atoms with Crippen LogP contribution < -0.4 is 4.90 Å². The fourth-order valence-corrected chi connectivity index (χ4v) is 4.90. The highest BCUT2D eigenvalue weighted by Gasteiger charge is 2.31. The van der Waals surface area contributed by atoms with Gasteiger partial charge in [0.1, 0.15) is 5.01 Å². The third-order valence-corrected chi connectivity index (χ3v) is 5.94. The highest BCUT2D eigenvalue weighted by Crippen LogP contribution is 2.41. The lowest BCUT2D eigenvalue weighted by atomic mass is 10.0. The second-order valence-electron chi connectivity index (χ2n) is 6.90. The molecule has 2 aliphatic rings. The second-order valence-corrected chi connectivity index (χ2v) is 7.75. The SMILES string of the molecule is CC(C)N1C(=O)Cc2c(-c3nc(C4CCCC4)cs3)cccc21. The normalized spacial score (nSPS) is 18.2. The van der Waals surface area contributed by atoms with Crippen molar-refractivity contribution in [1.82, 2.24) is 4.98 Å². The van der Waals surface area contributed by atoms with Crippen molar-refractivity contribution in [3.05, 3.63) is 34.8 Å². The van der Waals surface area contributed by atoms with Crippen LogP contribution >= 0.6 is 11.3 Å². The van der Waals surface area contributed by atoms with Gasteiger partial charge in [0, 0.05) is 28.6 Å². The fraction of sp³-hybridized carbons (Fsp3) is 0.474. The van der Waals surface area contributed by atoms with Crippen LogP contribution in [0.2, 0.25) is 0 Å². The summed E-state index contributed by atoms with van der Waals surface area (Å²) in [6.07, 6.45) is 5.71. The van der Waals surface area contributed by atoms with Crippen molar-refractivity contribution in [3.8, 4) is 10.6 Å². The van der Waals surface area contributed by atoms with Gasteiger partial charge in [-0.15, -0.1) is 11.3 Å². The number of hydrogen-bond donors (Lipinski definition) is 0. The third kappa shape index (κ3) is 2.49. The maximum Gasteiger partial charge on any atom is 0.231 e. The van der Waals surface area contributed by atoms with Gasteiger partial charge in [0.05, 0.1) is 12.1 Å². The van der Waals surface area contributed by atoms with Gasteiger partial charge in [-0.3, -0.25) is 4.79 Å². The van der Waals surface area contributed by atoms with Crippen molar-refractivity contribution in [2.24, 2.45) is 0 Å². The molecule has 0 atom stereocenters. The summed E-state index contributed by atoms with van der Waals surface area (Å²) < 4.78 is 0. The van der Waals surface area contributed by atoms with E-state index in [-0.39, 0.29) is 11.9 Å². The number of hydrogen-bond acceptors (Lipinski definition) is 3. The largest absolute Gasteiger partial charge is 0.309 e. The highest BCUT2D eigenvalue weighted by atomic mass is 32.1. The number of amides is 1. The molecule has 1 fully saturated rings. The number of aromatic nitrogens is 1. The van der Waals surface area contributed by atoms with Gasteiger partial charge in [0.25, 0.3) is 0 Å². The second kappa shape index (κ2) is 5.75. The number of carbonyl (C=O) groups is 1. The molecular formula is C19H22N2OS. The summed E-state index contributed by atoms with van der Waals surface area (Å²) in [4.78, 5) is 19.2. The number of carbonyl (C=O) groups excluding carboxylic acids is 1. The predicted molar refractivity (Wildman–Crippen MR) is 95.1 cm³/mol. The number of benzene rings is 1. The van der Waals surface area contributed by atoms with E-state index >= 15 is 0 Å². The van der Waals surface area contributed by atoms with Crippen LogP contribution in [0.3, 0.4) is 0 Å². The van der Waals surface area contributed by atoms with Crippen molar-refractivity contribution < 1.29 is 4.79 Å². The Balaban J connectivity index is 1.72. The van der Waals surface area contributed by atoms with Crippen LogP contribution in [0.1, 0.15) is 56.7 Å². The average Bonchev–Trinajstić information content (AvgIpc) is 3.24. The first-order valence-electron chi connectivity index (χ1n) is 8.55. The molecule has 0 N–H and O–H groups in total. The van der Waals surface area contributed by atoms with Crippen LogP contribution in [0.15, 0.2) is 23.6 Å². The van der Waals surface area contributed by atoms with Gasteiger partial charge in [0.2, 0.25) is 5.91 Å². The van der Waals surface area contributed by atoms with Crippen molar-refractivity contribution >= 4 is 22.9 Å². The van der Waals surface area contributed by atoms with Crippen molar-refractivity contribution in [3.63, 3.8) is 0 Å². The molecule has 0 saturated heterocycles. The summed E-state index contributed by atoms with van der Waals surface area (Å²) >= 11 is 1.73. The molecule has 1 aromatic heterocycles. The van der Waals surface area contributed by atoms with E-state index in [1.54, 1.807) is 11.3 Å². The zero-order valence-corrected chi connectivity index (χ0v) is 14.5. The van der Waals surface area contributed by atoms with Gasteiger partial charge in [-0.1, -0.05) is 25.0 Å². The van der Waals surface area contributed by atoms with E-state index in [2.05, 4.69) is 37.4 Å². The minimum atomic E-state index is 0.198. The number of rotatable bonds is 3. The van der Waals surface area contributed by atoms with Gasteiger partial charge in [-0.05, 0) is 38.3 Å². The van der Waals surface area contributed by atoms with Gasteiger partial charge < -0.3 is 4.90 Å². The van der Waals surface area contributed by atoms with Crippen LogP contribution in [0.25, 0.3) is 10.6 Å². The molecule has 2 aromatic rings. The summed E-state index contributed by atoms with van der Waals surface area (Å²) in [7, 11) is 0. The Bertz CT molecular complexity index is 744. The summed E-state index contributed by atoms with van der Waals surface area (Å²) in [6, 6.07) is 6.44. The molecule has 120 valence electrons. The van der Waals surface area contributed by atoms with E-state index in [1.807, 2.05) is 4.90 Å². The summed E-state index contributed by atoms with van der Waals surface area (Å²) in [5.74, 6) is 0.848. The average molecular weight is 326 g/mol. The van der Waals surface area contributed by atoms with E-state index in [0.29, 0.717) is 12.3 Å². The van der Waals surface area contributed by atoms with Crippen LogP contribution in [0.4, 0.5) is 5.69 Å². The van der Waals surface area contributed by atoms with Crippen molar-refractivity contribution in [2.45, 2.75) is 57.9 Å². The highest BCUT2D eigenvalue weighted by molar-refractivity contribution is 7.13. The molecule has 3 nitrogen and oxygen atoms in total. The minimum Gasteiger partial charge on any atom is -0.309 e. The molecule has 23 heavy (non-hydrogen) atoms. The maximum absolute atomic E-state index is 12.4. The Morgan fingerprint density at radius 3 is 2.78 bits per heavy atom. The topological polar surface area (TPSA) is 33.2 Å². The van der Waals surface area contributed by atoms with Gasteiger partial charge >= 0.3 is 0 Å². The molecule has 1 amide bonds. The molecule has 4 rings (SSSR count). The Morgan fingerprint density at radius 2 is 2.04 bits per heavy atom. The van der Waals surface area contributed by atoms with Crippen LogP contribution in [-0.4, -0.2) is 16.9 Å². The van der Waals surface area contributed by atoms with Crippen LogP contribution in [0, 0.1) is 0 Å². The Hall–Kier alpha value is -1.68. The standard InChI is InChI=1S/C19H22N2OS/c1-12(2)21-17-9-5-8-14(15(17)10-18(21)22)19-20-16(11-23-19)13-6-3-4-7-13/h5,8-9,11-13H,3-4,6-7,10H2,1-2H3. The lowest BCUT2D eigenvalue weighted by Crippen LogP contribution is -2.33. The van der Waals surface area contributed by atoms with Gasteiger partial charge in [0.15, 0.2) is 0 Å². The summed E-state index contributed by atoms with van der Waals surface area (Å²) in [5.41, 5.74) is 4.62. The fourth-order valence-electron chi connectivity index (χ4n) is 3.94. The van der Waals surface area contributed by atoms with Crippen molar-refractivity contribution in [1.29, 1.82) is 0 Å². The lowest BCUT2D eigenvalue weighted by Gasteiger charge is -2.22. The molecule has 0 unspecified atom stereocenters. The molecule has 0 bridgehead atoms. The number of anilines is 1. The van der Waals surface area contributed by atoms with Crippen LogP contribution in [-0.2, 0) is 11.2 Å². The smallest absolute Gasteiger partial charge is 0.231 e. The number of fused-ring (bicyclic) bond motifs is 1. The zero-order chi connectivity index (χ0) is 16.0. The van der Waals surface area contributed by atoms with E-state index in [9.17, 15) is 4.79 Å². The van der Waals surface area contributed by atoms with E-state index in [1.165, 1.54) is 31.4 Å². The monoisotopic (exact) mass is 326 g/mol. The van der Waals surface area contributed by atoms with Gasteiger partial charge in [-0.25, -0.2) is 4.98 Å². The van der Waals surface area contributed by atoms with Crippen molar-refractivity contribution in [2.75, 3.05) is 4.90 Å². The first kappa shape index (κ1) is 14.9.